The van der Waals surface area contributed by atoms with Gasteiger partial charge >= 0.3 is 0 Å². The maximum absolute atomic E-state index is 12.7. The molecule has 2 saturated heterocycles. The topological polar surface area (TPSA) is 89.3 Å². The van der Waals surface area contributed by atoms with Crippen LogP contribution in [0.4, 0.5) is 5.82 Å². The number of rotatable bonds is 5. The minimum absolute atomic E-state index is 0.0524. The van der Waals surface area contributed by atoms with Crippen LogP contribution in [-0.2, 0) is 11.3 Å². The third-order valence-corrected chi connectivity index (χ3v) is 6.60. The van der Waals surface area contributed by atoms with Gasteiger partial charge in [-0.1, -0.05) is 0 Å². The lowest BCUT2D eigenvalue weighted by molar-refractivity contribution is 0.0777. The molecule has 2 unspecified atom stereocenters. The van der Waals surface area contributed by atoms with Gasteiger partial charge in [-0.15, -0.1) is 11.3 Å². The molecule has 29 heavy (non-hydrogen) atoms. The van der Waals surface area contributed by atoms with E-state index in [-0.39, 0.29) is 5.91 Å². The number of hydrogen-bond donors (Lipinski definition) is 0. The second-order valence-corrected chi connectivity index (χ2v) is 8.75. The molecule has 152 valence electrons. The highest BCUT2D eigenvalue weighted by atomic mass is 32.1. The molecule has 5 rings (SSSR count). The van der Waals surface area contributed by atoms with Crippen molar-refractivity contribution in [3.05, 3.63) is 28.7 Å². The van der Waals surface area contributed by atoms with Gasteiger partial charge in [0, 0.05) is 57.0 Å². The van der Waals surface area contributed by atoms with Crippen molar-refractivity contribution in [1.29, 1.82) is 0 Å². The van der Waals surface area contributed by atoms with Crippen molar-refractivity contribution in [2.75, 3.05) is 44.8 Å². The number of carbonyl (C=O) groups is 1. The van der Waals surface area contributed by atoms with Crippen LogP contribution in [0.25, 0.3) is 11.2 Å². The minimum Gasteiger partial charge on any atom is -0.383 e. The van der Waals surface area contributed by atoms with Crippen LogP contribution in [0.1, 0.15) is 15.5 Å². The van der Waals surface area contributed by atoms with Crippen LogP contribution in [0.3, 0.4) is 0 Å². The summed E-state index contributed by atoms with van der Waals surface area (Å²) in [5.74, 6) is 1.82. The van der Waals surface area contributed by atoms with Crippen LogP contribution >= 0.6 is 11.3 Å². The Morgan fingerprint density at radius 3 is 2.69 bits per heavy atom. The summed E-state index contributed by atoms with van der Waals surface area (Å²) in [4.78, 5) is 34.8. The van der Waals surface area contributed by atoms with E-state index in [0.717, 1.165) is 48.2 Å². The van der Waals surface area contributed by atoms with Gasteiger partial charge in [0.15, 0.2) is 17.0 Å². The van der Waals surface area contributed by atoms with Crippen LogP contribution in [0.15, 0.2) is 18.0 Å². The van der Waals surface area contributed by atoms with E-state index in [4.69, 9.17) is 4.74 Å². The molecule has 0 N–H and O–H groups in total. The van der Waals surface area contributed by atoms with Gasteiger partial charge in [-0.2, -0.15) is 0 Å². The number of carbonyl (C=O) groups excluding carboxylic acids is 1. The normalized spacial score (nSPS) is 21.3. The highest BCUT2D eigenvalue weighted by Gasteiger charge is 2.43. The number of aryl methyl sites for hydroxylation is 1. The number of likely N-dealkylation sites (tertiary alicyclic amines) is 1. The smallest absolute Gasteiger partial charge is 0.273 e. The maximum Gasteiger partial charge on any atom is 0.273 e. The fourth-order valence-electron chi connectivity index (χ4n) is 4.41. The molecule has 2 atom stereocenters. The lowest BCUT2D eigenvalue weighted by Crippen LogP contribution is -2.33. The van der Waals surface area contributed by atoms with Crippen molar-refractivity contribution >= 4 is 34.2 Å². The summed E-state index contributed by atoms with van der Waals surface area (Å²) in [6.45, 7) is 6.54. The molecular weight excluding hydrogens is 390 g/mol. The second-order valence-electron chi connectivity index (χ2n) is 7.69. The first-order valence-corrected chi connectivity index (χ1v) is 10.6. The van der Waals surface area contributed by atoms with Gasteiger partial charge in [-0.05, 0) is 6.92 Å². The summed E-state index contributed by atoms with van der Waals surface area (Å²) in [5.41, 5.74) is 2.23. The number of nitrogens with zero attached hydrogens (tertiary/aromatic N) is 7. The molecule has 3 aromatic heterocycles. The molecule has 9 nitrogen and oxygen atoms in total. The zero-order valence-corrected chi connectivity index (χ0v) is 17.3. The number of methoxy groups -OCH3 is 1. The SMILES string of the molecule is COCCn1cnc2c(N3CC4CN(C(=O)c5csc(C)n5)CC4C3)ncnc21. The lowest BCUT2D eigenvalue weighted by atomic mass is 10.0. The molecule has 2 aliphatic rings. The predicted molar refractivity (Wildman–Crippen MR) is 109 cm³/mol. The number of hydrogen-bond acceptors (Lipinski definition) is 8. The van der Waals surface area contributed by atoms with E-state index < -0.39 is 0 Å². The fraction of sp³-hybridized carbons (Fsp3) is 0.526. The molecule has 2 fully saturated rings. The zero-order chi connectivity index (χ0) is 20.0. The van der Waals surface area contributed by atoms with Gasteiger partial charge in [-0.3, -0.25) is 4.79 Å². The Balaban J connectivity index is 1.30. The summed E-state index contributed by atoms with van der Waals surface area (Å²) in [5, 5.41) is 2.78. The van der Waals surface area contributed by atoms with E-state index in [1.165, 1.54) is 11.3 Å². The van der Waals surface area contributed by atoms with E-state index in [0.29, 0.717) is 30.7 Å². The van der Waals surface area contributed by atoms with Crippen molar-refractivity contribution in [1.82, 2.24) is 29.4 Å². The van der Waals surface area contributed by atoms with Gasteiger partial charge in [0.2, 0.25) is 0 Å². The Labute approximate surface area is 172 Å². The molecule has 0 radical (unpaired) electrons. The van der Waals surface area contributed by atoms with Gasteiger partial charge in [0.25, 0.3) is 5.91 Å². The largest absolute Gasteiger partial charge is 0.383 e. The fourth-order valence-corrected chi connectivity index (χ4v) is 5.00. The Hall–Kier alpha value is -2.59. The molecule has 5 heterocycles. The van der Waals surface area contributed by atoms with Gasteiger partial charge in [-0.25, -0.2) is 19.9 Å². The van der Waals surface area contributed by atoms with E-state index in [9.17, 15) is 4.79 Å². The first-order valence-electron chi connectivity index (χ1n) is 9.75. The number of ether oxygens (including phenoxy) is 1. The molecule has 0 saturated carbocycles. The van der Waals surface area contributed by atoms with E-state index >= 15 is 0 Å². The van der Waals surface area contributed by atoms with Crippen LogP contribution in [-0.4, -0.2) is 75.2 Å². The average molecular weight is 414 g/mol. The molecule has 0 aliphatic carbocycles. The van der Waals surface area contributed by atoms with E-state index in [1.807, 2.05) is 21.8 Å². The molecule has 3 aromatic rings. The maximum atomic E-state index is 12.7. The number of thiazole rings is 1. The summed E-state index contributed by atoms with van der Waals surface area (Å²) < 4.78 is 7.17. The molecule has 0 bridgehead atoms. The van der Waals surface area contributed by atoms with Crippen LogP contribution in [0.5, 0.6) is 0 Å². The number of aromatic nitrogens is 5. The molecule has 2 aliphatic heterocycles. The van der Waals surface area contributed by atoms with Crippen molar-refractivity contribution in [3.8, 4) is 0 Å². The lowest BCUT2D eigenvalue weighted by Gasteiger charge is -2.22. The first kappa shape index (κ1) is 18.4. The standard InChI is InChI=1S/C19H23N7O2S/c1-12-23-15(9-29-12)19(27)26-7-13-5-25(6-14(13)8-26)18-16-17(20-10-21-18)24(11-22-16)3-4-28-2/h9-11,13-14H,3-8H2,1-2H3. The minimum atomic E-state index is 0.0524. The van der Waals surface area contributed by atoms with Crippen LogP contribution in [0.2, 0.25) is 0 Å². The Morgan fingerprint density at radius 1 is 1.21 bits per heavy atom. The third kappa shape index (κ3) is 3.25. The van der Waals surface area contributed by atoms with Crippen molar-refractivity contribution in [2.45, 2.75) is 13.5 Å². The summed E-state index contributed by atoms with van der Waals surface area (Å²) in [7, 11) is 1.69. The number of imidazole rings is 1. The molecular formula is C19H23N7O2S. The first-order chi connectivity index (χ1) is 14.1. The highest BCUT2D eigenvalue weighted by Crippen LogP contribution is 2.35. The zero-order valence-electron chi connectivity index (χ0n) is 16.5. The molecule has 0 spiro atoms. The monoisotopic (exact) mass is 413 g/mol. The average Bonchev–Trinajstić information content (AvgIpc) is 3.48. The Morgan fingerprint density at radius 2 is 2.00 bits per heavy atom. The van der Waals surface area contributed by atoms with Crippen LogP contribution in [0, 0.1) is 18.8 Å². The summed E-state index contributed by atoms with van der Waals surface area (Å²) >= 11 is 1.52. The Bertz CT molecular complexity index is 1030. The van der Waals surface area contributed by atoms with E-state index in [1.54, 1.807) is 19.8 Å². The van der Waals surface area contributed by atoms with Gasteiger partial charge in [0.1, 0.15) is 12.0 Å². The quantitative estimate of drug-likeness (QED) is 0.625. The molecule has 10 heteroatoms. The van der Waals surface area contributed by atoms with Crippen molar-refractivity contribution < 1.29 is 9.53 Å². The Kier molecular flexibility index (Phi) is 4.67. The second kappa shape index (κ2) is 7.34. The number of fused-ring (bicyclic) bond motifs is 2. The predicted octanol–water partition coefficient (Wildman–Crippen LogP) is 1.45. The third-order valence-electron chi connectivity index (χ3n) is 5.83. The summed E-state index contributed by atoms with van der Waals surface area (Å²) in [6, 6.07) is 0. The number of anilines is 1. The van der Waals surface area contributed by atoms with Crippen molar-refractivity contribution in [2.24, 2.45) is 11.8 Å². The van der Waals surface area contributed by atoms with Crippen molar-refractivity contribution in [3.63, 3.8) is 0 Å². The molecule has 0 aromatic carbocycles. The molecule has 1 amide bonds. The summed E-state index contributed by atoms with van der Waals surface area (Å²) in [6.07, 6.45) is 3.41. The van der Waals surface area contributed by atoms with Gasteiger partial charge < -0.3 is 19.1 Å². The van der Waals surface area contributed by atoms with Crippen LogP contribution < -0.4 is 4.90 Å². The van der Waals surface area contributed by atoms with Gasteiger partial charge in [0.05, 0.1) is 17.9 Å². The van der Waals surface area contributed by atoms with E-state index in [2.05, 4.69) is 24.8 Å². The number of amides is 1. The highest BCUT2D eigenvalue weighted by molar-refractivity contribution is 7.09.